The molecule has 0 fully saturated rings. The highest BCUT2D eigenvalue weighted by atomic mass is 16.5. The molecule has 4 nitrogen and oxygen atoms in total. The smallest absolute Gasteiger partial charge is 0.308 e. The van der Waals surface area contributed by atoms with Gasteiger partial charge < -0.3 is 9.22 Å². The fraction of sp³-hybridized carbons (Fsp3) is 0.364. The van der Waals surface area contributed by atoms with Crippen LogP contribution in [0.5, 0.6) is 0 Å². The highest BCUT2D eigenvalue weighted by Crippen LogP contribution is 2.14. The summed E-state index contributed by atoms with van der Waals surface area (Å²) in [7, 11) is 4.21. The third-order valence-corrected chi connectivity index (χ3v) is 4.28. The SMILES string of the molecule is CC(C)C(=O)OCC[N+](C)(C)Cc1ccc(C(=O)c2ccccc2)cc1. The van der Waals surface area contributed by atoms with Crippen LogP contribution in [0.3, 0.4) is 0 Å². The highest BCUT2D eigenvalue weighted by Gasteiger charge is 2.18. The molecule has 0 unspecified atom stereocenters. The number of likely N-dealkylation sites (N-methyl/N-ethyl adjacent to an activating group) is 1. The predicted molar refractivity (Wildman–Crippen MR) is 103 cm³/mol. The van der Waals surface area contributed by atoms with Gasteiger partial charge >= 0.3 is 5.97 Å². The van der Waals surface area contributed by atoms with Gasteiger partial charge in [0.1, 0.15) is 19.7 Å². The van der Waals surface area contributed by atoms with E-state index in [0.29, 0.717) is 22.2 Å². The number of esters is 1. The van der Waals surface area contributed by atoms with Crippen molar-refractivity contribution in [2.75, 3.05) is 27.2 Å². The fourth-order valence-electron chi connectivity index (χ4n) is 2.65. The van der Waals surface area contributed by atoms with E-state index in [9.17, 15) is 9.59 Å². The van der Waals surface area contributed by atoms with Crippen molar-refractivity contribution in [1.29, 1.82) is 0 Å². The Labute approximate surface area is 156 Å². The summed E-state index contributed by atoms with van der Waals surface area (Å²) in [4.78, 5) is 24.0. The lowest BCUT2D eigenvalue weighted by Gasteiger charge is -2.29. The summed E-state index contributed by atoms with van der Waals surface area (Å²) in [6, 6.07) is 17.0. The molecule has 0 saturated carbocycles. The van der Waals surface area contributed by atoms with Crippen LogP contribution in [0, 0.1) is 5.92 Å². The van der Waals surface area contributed by atoms with Crippen LogP contribution in [0.4, 0.5) is 0 Å². The maximum absolute atomic E-state index is 12.5. The van der Waals surface area contributed by atoms with E-state index in [1.807, 2.05) is 68.4 Å². The summed E-state index contributed by atoms with van der Waals surface area (Å²) in [6.07, 6.45) is 0. The van der Waals surface area contributed by atoms with Crippen LogP contribution in [0.1, 0.15) is 35.3 Å². The second kappa shape index (κ2) is 8.77. The van der Waals surface area contributed by atoms with E-state index < -0.39 is 0 Å². The maximum atomic E-state index is 12.5. The minimum Gasteiger partial charge on any atom is -0.459 e. The molecule has 0 N–H and O–H groups in total. The predicted octanol–water partition coefficient (Wildman–Crippen LogP) is 3.69. The van der Waals surface area contributed by atoms with Crippen molar-refractivity contribution in [3.63, 3.8) is 0 Å². The first-order valence-corrected chi connectivity index (χ1v) is 8.96. The lowest BCUT2D eigenvalue weighted by atomic mass is 10.0. The second-order valence-corrected chi connectivity index (χ2v) is 7.53. The molecule has 0 saturated heterocycles. The molecule has 0 atom stereocenters. The second-order valence-electron chi connectivity index (χ2n) is 7.53. The van der Waals surface area contributed by atoms with Gasteiger partial charge in [0.2, 0.25) is 0 Å². The molecule has 0 aliphatic rings. The Morgan fingerprint density at radius 1 is 0.923 bits per heavy atom. The Morgan fingerprint density at radius 2 is 1.50 bits per heavy atom. The first-order chi connectivity index (χ1) is 12.3. The molecule has 2 aromatic rings. The van der Waals surface area contributed by atoms with Crippen molar-refractivity contribution < 1.29 is 18.8 Å². The highest BCUT2D eigenvalue weighted by molar-refractivity contribution is 6.08. The minimum absolute atomic E-state index is 0.0338. The summed E-state index contributed by atoms with van der Waals surface area (Å²) in [5.74, 6) is -0.222. The van der Waals surface area contributed by atoms with Gasteiger partial charge in [0, 0.05) is 16.7 Å². The van der Waals surface area contributed by atoms with Gasteiger partial charge in [-0.3, -0.25) is 9.59 Å². The van der Waals surface area contributed by atoms with Gasteiger partial charge in [-0.25, -0.2) is 0 Å². The van der Waals surface area contributed by atoms with Crippen LogP contribution in [-0.4, -0.2) is 43.5 Å². The quantitative estimate of drug-likeness (QED) is 0.412. The molecule has 2 rings (SSSR count). The normalized spacial score (nSPS) is 11.4. The molecule has 0 bridgehead atoms. The summed E-state index contributed by atoms with van der Waals surface area (Å²) in [5.41, 5.74) is 2.54. The Bertz CT molecular complexity index is 734. The molecule has 4 heteroatoms. The van der Waals surface area contributed by atoms with E-state index in [1.54, 1.807) is 0 Å². The molecule has 0 radical (unpaired) electrons. The van der Waals surface area contributed by atoms with E-state index in [-0.39, 0.29) is 17.7 Å². The zero-order chi connectivity index (χ0) is 19.2. The van der Waals surface area contributed by atoms with E-state index >= 15 is 0 Å². The number of rotatable bonds is 8. The van der Waals surface area contributed by atoms with Gasteiger partial charge in [0.15, 0.2) is 5.78 Å². The molecule has 2 aromatic carbocycles. The van der Waals surface area contributed by atoms with Crippen LogP contribution >= 0.6 is 0 Å². The monoisotopic (exact) mass is 354 g/mol. The molecule has 0 aromatic heterocycles. The van der Waals surface area contributed by atoms with Crippen molar-refractivity contribution in [3.8, 4) is 0 Å². The van der Waals surface area contributed by atoms with E-state index in [4.69, 9.17) is 4.74 Å². The summed E-state index contributed by atoms with van der Waals surface area (Å²) in [5, 5.41) is 0. The molecule has 138 valence electrons. The number of ether oxygens (including phenoxy) is 1. The minimum atomic E-state index is -0.159. The first-order valence-electron chi connectivity index (χ1n) is 8.96. The van der Waals surface area contributed by atoms with Crippen molar-refractivity contribution in [1.82, 2.24) is 0 Å². The van der Waals surface area contributed by atoms with Gasteiger partial charge in [-0.05, 0) is 0 Å². The first kappa shape index (κ1) is 19.9. The lowest BCUT2D eigenvalue weighted by Crippen LogP contribution is -2.41. The van der Waals surface area contributed by atoms with Gasteiger partial charge in [-0.1, -0.05) is 68.4 Å². The zero-order valence-electron chi connectivity index (χ0n) is 16.1. The summed E-state index contributed by atoms with van der Waals surface area (Å²) in [6.45, 7) is 5.62. The molecular formula is C22H28NO3+. The number of nitrogens with zero attached hydrogens (tertiary/aromatic N) is 1. The number of carbonyl (C=O) groups is 2. The number of quaternary nitrogens is 1. The Balaban J connectivity index is 1.93. The third kappa shape index (κ3) is 5.81. The third-order valence-electron chi connectivity index (χ3n) is 4.28. The summed E-state index contributed by atoms with van der Waals surface area (Å²) < 4.78 is 5.98. The van der Waals surface area contributed by atoms with Gasteiger partial charge in [-0.15, -0.1) is 0 Å². The van der Waals surface area contributed by atoms with Crippen molar-refractivity contribution in [3.05, 3.63) is 71.3 Å². The van der Waals surface area contributed by atoms with Crippen LogP contribution in [-0.2, 0) is 16.1 Å². The average Bonchev–Trinajstić information content (AvgIpc) is 2.62. The van der Waals surface area contributed by atoms with Crippen molar-refractivity contribution in [2.45, 2.75) is 20.4 Å². The molecule has 0 spiro atoms. The lowest BCUT2D eigenvalue weighted by molar-refractivity contribution is -0.903. The van der Waals surface area contributed by atoms with Crippen molar-refractivity contribution in [2.24, 2.45) is 5.92 Å². The van der Waals surface area contributed by atoms with Crippen LogP contribution in [0.2, 0.25) is 0 Å². The average molecular weight is 354 g/mol. The molecule has 0 aliphatic heterocycles. The Hall–Kier alpha value is -2.46. The molecular weight excluding hydrogens is 326 g/mol. The van der Waals surface area contributed by atoms with E-state index in [2.05, 4.69) is 14.1 Å². The molecule has 0 heterocycles. The number of ketones is 1. The van der Waals surface area contributed by atoms with Crippen LogP contribution in [0.25, 0.3) is 0 Å². The Kier molecular flexibility index (Phi) is 6.70. The van der Waals surface area contributed by atoms with Crippen molar-refractivity contribution >= 4 is 11.8 Å². The standard InChI is InChI=1S/C22H28NO3/c1-17(2)22(25)26-15-14-23(3,4)16-18-10-12-20(13-11-18)21(24)19-8-6-5-7-9-19/h5-13,17H,14-16H2,1-4H3/q+1. The topological polar surface area (TPSA) is 43.4 Å². The van der Waals surface area contributed by atoms with Gasteiger partial charge in [0.05, 0.1) is 20.0 Å². The maximum Gasteiger partial charge on any atom is 0.308 e. The number of carbonyl (C=O) groups excluding carboxylic acids is 2. The van der Waals surface area contributed by atoms with Crippen LogP contribution in [0.15, 0.2) is 54.6 Å². The summed E-state index contributed by atoms with van der Waals surface area (Å²) >= 11 is 0. The number of hydrogen-bond donors (Lipinski definition) is 0. The van der Waals surface area contributed by atoms with E-state index in [1.165, 1.54) is 0 Å². The van der Waals surface area contributed by atoms with Crippen LogP contribution < -0.4 is 0 Å². The largest absolute Gasteiger partial charge is 0.459 e. The molecule has 0 aliphatic carbocycles. The van der Waals surface area contributed by atoms with E-state index in [0.717, 1.165) is 18.7 Å². The van der Waals surface area contributed by atoms with Gasteiger partial charge in [-0.2, -0.15) is 0 Å². The zero-order valence-corrected chi connectivity index (χ0v) is 16.1. The fourth-order valence-corrected chi connectivity index (χ4v) is 2.65. The molecule has 26 heavy (non-hydrogen) atoms. The number of hydrogen-bond acceptors (Lipinski definition) is 3. The van der Waals surface area contributed by atoms with Gasteiger partial charge in [0.25, 0.3) is 0 Å². The Morgan fingerprint density at radius 3 is 2.08 bits per heavy atom. The molecule has 0 amide bonds. The number of benzene rings is 2.